The van der Waals surface area contributed by atoms with Crippen molar-refractivity contribution in [1.29, 1.82) is 0 Å². The average Bonchev–Trinajstić information content (AvgIpc) is 2.76. The van der Waals surface area contributed by atoms with Crippen molar-refractivity contribution >= 4 is 5.97 Å². The van der Waals surface area contributed by atoms with Crippen molar-refractivity contribution in [3.05, 3.63) is 0 Å². The Morgan fingerprint density at radius 3 is 2.24 bits per heavy atom. The van der Waals surface area contributed by atoms with E-state index in [0.29, 0.717) is 11.5 Å². The van der Waals surface area contributed by atoms with Crippen LogP contribution in [0.25, 0.3) is 0 Å². The summed E-state index contributed by atoms with van der Waals surface area (Å²) in [5, 5.41) is 9.05. The average molecular weight is 239 g/mol. The van der Waals surface area contributed by atoms with Crippen LogP contribution >= 0.6 is 0 Å². The van der Waals surface area contributed by atoms with Crippen molar-refractivity contribution in [3.63, 3.8) is 0 Å². The maximum atomic E-state index is 11.0. The lowest BCUT2D eigenvalue weighted by Crippen LogP contribution is -2.45. The molecule has 0 aromatic heterocycles. The maximum Gasteiger partial charge on any atom is 0.320 e. The zero-order valence-corrected chi connectivity index (χ0v) is 11.1. The van der Waals surface area contributed by atoms with E-state index < -0.39 is 5.97 Å². The Morgan fingerprint density at radius 2 is 1.76 bits per heavy atom. The predicted molar refractivity (Wildman–Crippen MR) is 68.0 cm³/mol. The van der Waals surface area contributed by atoms with Gasteiger partial charge in [0.25, 0.3) is 0 Å². The van der Waals surface area contributed by atoms with Crippen molar-refractivity contribution < 1.29 is 9.90 Å². The first-order valence-corrected chi connectivity index (χ1v) is 6.99. The molecule has 0 saturated heterocycles. The summed E-state index contributed by atoms with van der Waals surface area (Å²) in [5.41, 5.74) is 0.643. The zero-order valence-electron chi connectivity index (χ0n) is 11.1. The Balaban J connectivity index is 1.88. The molecule has 3 nitrogen and oxygen atoms in total. The van der Waals surface area contributed by atoms with Crippen LogP contribution in [0.3, 0.4) is 0 Å². The molecule has 0 aliphatic heterocycles. The van der Waals surface area contributed by atoms with Gasteiger partial charge < -0.3 is 5.11 Å². The summed E-state index contributed by atoms with van der Waals surface area (Å²) >= 11 is 0. The minimum Gasteiger partial charge on any atom is -0.480 e. The number of carboxylic acids is 1. The fraction of sp³-hybridized carbons (Fsp3) is 0.929. The lowest BCUT2D eigenvalue weighted by molar-refractivity contribution is -0.143. The molecular formula is C14H25NO2. The highest BCUT2D eigenvalue weighted by molar-refractivity contribution is 5.72. The molecule has 98 valence electrons. The molecule has 3 heteroatoms. The first-order chi connectivity index (χ1) is 8.04. The number of hydrogen-bond donors (Lipinski definition) is 1. The van der Waals surface area contributed by atoms with Gasteiger partial charge >= 0.3 is 5.97 Å². The Labute approximate surface area is 104 Å². The molecule has 0 bridgehead atoms. The van der Waals surface area contributed by atoms with Crippen LogP contribution in [0.1, 0.15) is 58.3 Å². The van der Waals surface area contributed by atoms with E-state index in [-0.39, 0.29) is 6.04 Å². The summed E-state index contributed by atoms with van der Waals surface area (Å²) in [6.45, 7) is 1.79. The van der Waals surface area contributed by atoms with E-state index in [4.69, 9.17) is 5.11 Å². The second kappa shape index (κ2) is 4.97. The van der Waals surface area contributed by atoms with Gasteiger partial charge in [0.15, 0.2) is 0 Å². The molecule has 1 atom stereocenters. The number of likely N-dealkylation sites (N-methyl/N-ethyl adjacent to an activating group) is 1. The topological polar surface area (TPSA) is 40.5 Å². The highest BCUT2D eigenvalue weighted by Crippen LogP contribution is 2.49. The molecule has 2 aliphatic rings. The monoisotopic (exact) mass is 239 g/mol. The first kappa shape index (κ1) is 12.9. The fourth-order valence-electron chi connectivity index (χ4n) is 3.74. The van der Waals surface area contributed by atoms with Gasteiger partial charge in [0.1, 0.15) is 6.04 Å². The predicted octanol–water partition coefficient (Wildman–Crippen LogP) is 2.89. The van der Waals surface area contributed by atoms with Crippen LogP contribution in [-0.2, 0) is 4.79 Å². The Kier molecular flexibility index (Phi) is 3.76. The van der Waals surface area contributed by atoms with Gasteiger partial charge in [-0.1, -0.05) is 12.8 Å². The number of nitrogens with zero attached hydrogens (tertiary/aromatic N) is 1. The van der Waals surface area contributed by atoms with E-state index in [1.807, 2.05) is 7.05 Å². The Hall–Kier alpha value is -0.570. The van der Waals surface area contributed by atoms with Gasteiger partial charge in [-0.05, 0) is 57.9 Å². The van der Waals surface area contributed by atoms with E-state index in [1.54, 1.807) is 6.92 Å². The summed E-state index contributed by atoms with van der Waals surface area (Å²) in [6.07, 6.45) is 10.7. The smallest absolute Gasteiger partial charge is 0.320 e. The van der Waals surface area contributed by atoms with Gasteiger partial charge in [0.05, 0.1) is 0 Å². The van der Waals surface area contributed by atoms with Gasteiger partial charge in [-0.25, -0.2) is 0 Å². The molecule has 1 unspecified atom stereocenters. The van der Waals surface area contributed by atoms with Crippen LogP contribution in [0.2, 0.25) is 0 Å². The highest BCUT2D eigenvalue weighted by atomic mass is 16.4. The van der Waals surface area contributed by atoms with Crippen LogP contribution in [0.4, 0.5) is 0 Å². The van der Waals surface area contributed by atoms with Crippen molar-refractivity contribution in [2.24, 2.45) is 5.41 Å². The number of carbonyl (C=O) groups is 1. The molecule has 2 aliphatic carbocycles. The molecule has 2 saturated carbocycles. The third-order valence-electron chi connectivity index (χ3n) is 5.22. The number of rotatable bonds is 3. The van der Waals surface area contributed by atoms with Gasteiger partial charge in [0, 0.05) is 6.04 Å². The maximum absolute atomic E-state index is 11.0. The SMILES string of the molecule is CC(C(=O)O)N(C)C1CCC2(CCCC2)CC1. The van der Waals surface area contributed by atoms with Gasteiger partial charge in [0.2, 0.25) is 0 Å². The lowest BCUT2D eigenvalue weighted by Gasteiger charge is -2.41. The van der Waals surface area contributed by atoms with Crippen LogP contribution < -0.4 is 0 Å². The molecule has 0 heterocycles. The van der Waals surface area contributed by atoms with Crippen molar-refractivity contribution in [1.82, 2.24) is 4.90 Å². The quantitative estimate of drug-likeness (QED) is 0.823. The summed E-state index contributed by atoms with van der Waals surface area (Å²) in [5.74, 6) is -0.700. The van der Waals surface area contributed by atoms with Crippen LogP contribution in [0, 0.1) is 5.41 Å². The molecule has 2 rings (SSSR count). The van der Waals surface area contributed by atoms with E-state index in [1.165, 1.54) is 51.4 Å². The Morgan fingerprint density at radius 1 is 1.24 bits per heavy atom. The molecule has 0 radical (unpaired) electrons. The molecule has 0 aromatic carbocycles. The second-order valence-electron chi connectivity index (χ2n) is 6.12. The first-order valence-electron chi connectivity index (χ1n) is 6.99. The lowest BCUT2D eigenvalue weighted by atomic mass is 9.71. The van der Waals surface area contributed by atoms with Crippen LogP contribution in [-0.4, -0.2) is 35.1 Å². The summed E-state index contributed by atoms with van der Waals surface area (Å²) in [6, 6.07) is 0.130. The fourth-order valence-corrected chi connectivity index (χ4v) is 3.74. The third kappa shape index (κ3) is 2.65. The largest absolute Gasteiger partial charge is 0.480 e. The molecule has 1 spiro atoms. The third-order valence-corrected chi connectivity index (χ3v) is 5.22. The number of hydrogen-bond acceptors (Lipinski definition) is 2. The minimum absolute atomic E-state index is 0.349. The van der Waals surface area contributed by atoms with E-state index in [2.05, 4.69) is 4.90 Å². The van der Waals surface area contributed by atoms with Crippen molar-refractivity contribution in [3.8, 4) is 0 Å². The van der Waals surface area contributed by atoms with Crippen LogP contribution in [0.5, 0.6) is 0 Å². The highest BCUT2D eigenvalue weighted by Gasteiger charge is 2.39. The molecule has 2 fully saturated rings. The van der Waals surface area contributed by atoms with Gasteiger partial charge in [-0.3, -0.25) is 9.69 Å². The van der Waals surface area contributed by atoms with E-state index in [9.17, 15) is 4.79 Å². The summed E-state index contributed by atoms with van der Waals surface area (Å²) in [4.78, 5) is 13.1. The molecule has 0 aromatic rings. The molecule has 0 amide bonds. The van der Waals surface area contributed by atoms with Gasteiger partial charge in [-0.2, -0.15) is 0 Å². The standard InChI is InChI=1S/C14H25NO2/c1-11(13(16)17)15(2)12-5-9-14(10-6-12)7-3-4-8-14/h11-12H,3-10H2,1-2H3,(H,16,17). The van der Waals surface area contributed by atoms with Crippen molar-refractivity contribution in [2.45, 2.75) is 70.4 Å². The van der Waals surface area contributed by atoms with E-state index in [0.717, 1.165) is 0 Å². The second-order valence-corrected chi connectivity index (χ2v) is 6.12. The molecule has 1 N–H and O–H groups in total. The van der Waals surface area contributed by atoms with Gasteiger partial charge in [-0.15, -0.1) is 0 Å². The minimum atomic E-state index is -0.700. The molecule has 17 heavy (non-hydrogen) atoms. The number of carboxylic acid groups (broad SMARTS) is 1. The number of aliphatic carboxylic acids is 1. The van der Waals surface area contributed by atoms with Crippen molar-refractivity contribution in [2.75, 3.05) is 7.05 Å². The summed E-state index contributed by atoms with van der Waals surface area (Å²) < 4.78 is 0. The normalized spacial score (nSPS) is 26.5. The zero-order chi connectivity index (χ0) is 12.5. The Bertz CT molecular complexity index is 274. The summed E-state index contributed by atoms with van der Waals surface area (Å²) in [7, 11) is 1.97. The van der Waals surface area contributed by atoms with E-state index >= 15 is 0 Å². The molecular weight excluding hydrogens is 214 g/mol. The van der Waals surface area contributed by atoms with Crippen LogP contribution in [0.15, 0.2) is 0 Å².